The SMILES string of the molecule is C=CCC(C)Nc1ccc([N+](=O)[O-])c(OC)c1. The molecule has 0 aliphatic rings. The first-order valence-electron chi connectivity index (χ1n) is 5.28. The summed E-state index contributed by atoms with van der Waals surface area (Å²) in [7, 11) is 1.42. The lowest BCUT2D eigenvalue weighted by Crippen LogP contribution is -2.13. The van der Waals surface area contributed by atoms with E-state index in [9.17, 15) is 10.1 Å². The topological polar surface area (TPSA) is 64.4 Å². The van der Waals surface area contributed by atoms with E-state index in [0.717, 1.165) is 12.1 Å². The Morgan fingerprint density at radius 1 is 1.65 bits per heavy atom. The monoisotopic (exact) mass is 236 g/mol. The van der Waals surface area contributed by atoms with Gasteiger partial charge in [0.25, 0.3) is 0 Å². The number of methoxy groups -OCH3 is 1. The fraction of sp³-hybridized carbons (Fsp3) is 0.333. The molecule has 1 aromatic rings. The molecule has 5 nitrogen and oxygen atoms in total. The number of nitro benzene ring substituents is 1. The maximum Gasteiger partial charge on any atom is 0.311 e. The Kier molecular flexibility index (Phi) is 4.51. The zero-order valence-corrected chi connectivity index (χ0v) is 9.97. The van der Waals surface area contributed by atoms with Crippen LogP contribution in [0.3, 0.4) is 0 Å². The molecule has 1 rings (SSSR count). The molecular weight excluding hydrogens is 220 g/mol. The summed E-state index contributed by atoms with van der Waals surface area (Å²) in [5.74, 6) is 0.255. The third kappa shape index (κ3) is 3.48. The van der Waals surface area contributed by atoms with Gasteiger partial charge in [0, 0.05) is 23.9 Å². The van der Waals surface area contributed by atoms with Crippen LogP contribution in [0.2, 0.25) is 0 Å². The van der Waals surface area contributed by atoms with Gasteiger partial charge in [-0.15, -0.1) is 6.58 Å². The Bertz CT molecular complexity index is 418. The van der Waals surface area contributed by atoms with Gasteiger partial charge < -0.3 is 10.1 Å². The van der Waals surface area contributed by atoms with Gasteiger partial charge in [-0.1, -0.05) is 6.08 Å². The molecule has 0 aliphatic carbocycles. The van der Waals surface area contributed by atoms with Crippen LogP contribution in [0, 0.1) is 10.1 Å². The van der Waals surface area contributed by atoms with Crippen LogP contribution < -0.4 is 10.1 Å². The van der Waals surface area contributed by atoms with Crippen LogP contribution in [0.4, 0.5) is 11.4 Å². The van der Waals surface area contributed by atoms with Gasteiger partial charge in [0.2, 0.25) is 0 Å². The number of hydrogen-bond donors (Lipinski definition) is 1. The standard InChI is InChI=1S/C12H16N2O3/c1-4-5-9(2)13-10-6-7-11(14(15)16)12(8-10)17-3/h4,6-9,13H,1,5H2,2-3H3. The lowest BCUT2D eigenvalue weighted by Gasteiger charge is -2.13. The van der Waals surface area contributed by atoms with Crippen molar-refractivity contribution in [1.29, 1.82) is 0 Å². The van der Waals surface area contributed by atoms with Crippen LogP contribution in [-0.2, 0) is 0 Å². The molecule has 5 heteroatoms. The minimum Gasteiger partial charge on any atom is -0.490 e. The quantitative estimate of drug-likeness (QED) is 0.468. The van der Waals surface area contributed by atoms with Crippen molar-refractivity contribution in [2.75, 3.05) is 12.4 Å². The molecule has 1 atom stereocenters. The lowest BCUT2D eigenvalue weighted by atomic mass is 10.2. The van der Waals surface area contributed by atoms with Gasteiger partial charge in [-0.2, -0.15) is 0 Å². The largest absolute Gasteiger partial charge is 0.490 e. The molecule has 17 heavy (non-hydrogen) atoms. The average Bonchev–Trinajstić information content (AvgIpc) is 2.28. The molecule has 1 unspecified atom stereocenters. The first-order valence-corrected chi connectivity index (χ1v) is 5.28. The molecule has 1 aromatic carbocycles. The first kappa shape index (κ1) is 13.0. The Labute approximate surface area is 100 Å². The van der Waals surface area contributed by atoms with E-state index in [1.807, 2.05) is 13.0 Å². The van der Waals surface area contributed by atoms with Crippen molar-refractivity contribution in [3.05, 3.63) is 41.0 Å². The lowest BCUT2D eigenvalue weighted by molar-refractivity contribution is -0.385. The van der Waals surface area contributed by atoms with E-state index in [0.29, 0.717) is 0 Å². The van der Waals surface area contributed by atoms with Crippen molar-refractivity contribution in [3.8, 4) is 5.75 Å². The van der Waals surface area contributed by atoms with Crippen LogP contribution in [-0.4, -0.2) is 18.1 Å². The van der Waals surface area contributed by atoms with Crippen LogP contribution in [0.25, 0.3) is 0 Å². The zero-order valence-electron chi connectivity index (χ0n) is 9.97. The number of hydrogen-bond acceptors (Lipinski definition) is 4. The molecule has 0 heterocycles. The maximum atomic E-state index is 10.7. The van der Waals surface area contributed by atoms with Crippen LogP contribution in [0.5, 0.6) is 5.75 Å². The van der Waals surface area contributed by atoms with Gasteiger partial charge in [0.1, 0.15) is 0 Å². The van der Waals surface area contributed by atoms with Crippen LogP contribution >= 0.6 is 0 Å². The summed E-state index contributed by atoms with van der Waals surface area (Å²) < 4.78 is 4.99. The van der Waals surface area contributed by atoms with E-state index in [1.54, 1.807) is 12.1 Å². The smallest absolute Gasteiger partial charge is 0.311 e. The van der Waals surface area contributed by atoms with E-state index >= 15 is 0 Å². The van der Waals surface area contributed by atoms with Crippen molar-refractivity contribution < 1.29 is 9.66 Å². The van der Waals surface area contributed by atoms with Gasteiger partial charge in [-0.3, -0.25) is 10.1 Å². The van der Waals surface area contributed by atoms with E-state index < -0.39 is 4.92 Å². The van der Waals surface area contributed by atoms with Gasteiger partial charge >= 0.3 is 5.69 Å². The summed E-state index contributed by atoms with van der Waals surface area (Å²) in [5.41, 5.74) is 0.760. The molecule has 0 radical (unpaired) electrons. The number of nitro groups is 1. The highest BCUT2D eigenvalue weighted by molar-refractivity contribution is 5.58. The average molecular weight is 236 g/mol. The molecule has 0 saturated carbocycles. The fourth-order valence-electron chi connectivity index (χ4n) is 1.51. The third-order valence-corrected chi connectivity index (χ3v) is 2.31. The van der Waals surface area contributed by atoms with Crippen molar-refractivity contribution in [2.45, 2.75) is 19.4 Å². The Hall–Kier alpha value is -2.04. The number of nitrogens with zero attached hydrogens (tertiary/aromatic N) is 1. The van der Waals surface area contributed by atoms with Gasteiger partial charge in [0.15, 0.2) is 5.75 Å². The Morgan fingerprint density at radius 2 is 2.35 bits per heavy atom. The highest BCUT2D eigenvalue weighted by Gasteiger charge is 2.14. The summed E-state index contributed by atoms with van der Waals surface area (Å²) >= 11 is 0. The summed E-state index contributed by atoms with van der Waals surface area (Å²) in [6.45, 7) is 5.67. The molecule has 0 spiro atoms. The molecule has 0 fully saturated rings. The second-order valence-electron chi connectivity index (χ2n) is 3.71. The summed E-state index contributed by atoms with van der Waals surface area (Å²) in [5, 5.41) is 13.9. The summed E-state index contributed by atoms with van der Waals surface area (Å²) in [6.07, 6.45) is 2.64. The van der Waals surface area contributed by atoms with Crippen molar-refractivity contribution in [3.63, 3.8) is 0 Å². The molecule has 0 aromatic heterocycles. The Morgan fingerprint density at radius 3 is 2.88 bits per heavy atom. The second kappa shape index (κ2) is 5.89. The molecule has 0 amide bonds. The molecule has 0 saturated heterocycles. The summed E-state index contributed by atoms with van der Waals surface area (Å²) in [6, 6.07) is 4.94. The predicted octanol–water partition coefficient (Wildman–Crippen LogP) is 2.98. The van der Waals surface area contributed by atoms with Gasteiger partial charge in [-0.05, 0) is 19.4 Å². The van der Waals surface area contributed by atoms with Gasteiger partial charge in [-0.25, -0.2) is 0 Å². The number of nitrogens with one attached hydrogen (secondary N) is 1. The van der Waals surface area contributed by atoms with E-state index in [2.05, 4.69) is 11.9 Å². The molecule has 92 valence electrons. The zero-order chi connectivity index (χ0) is 12.8. The van der Waals surface area contributed by atoms with Crippen LogP contribution in [0.1, 0.15) is 13.3 Å². The number of benzene rings is 1. The van der Waals surface area contributed by atoms with Crippen molar-refractivity contribution >= 4 is 11.4 Å². The van der Waals surface area contributed by atoms with E-state index in [-0.39, 0.29) is 17.5 Å². The van der Waals surface area contributed by atoms with E-state index in [1.165, 1.54) is 13.2 Å². The van der Waals surface area contributed by atoms with Crippen molar-refractivity contribution in [2.24, 2.45) is 0 Å². The normalized spacial score (nSPS) is 11.6. The highest BCUT2D eigenvalue weighted by atomic mass is 16.6. The highest BCUT2D eigenvalue weighted by Crippen LogP contribution is 2.29. The van der Waals surface area contributed by atoms with E-state index in [4.69, 9.17) is 4.74 Å². The second-order valence-corrected chi connectivity index (χ2v) is 3.71. The van der Waals surface area contributed by atoms with Crippen LogP contribution in [0.15, 0.2) is 30.9 Å². The first-order chi connectivity index (χ1) is 8.08. The minimum atomic E-state index is -0.463. The molecular formula is C12H16N2O3. The summed E-state index contributed by atoms with van der Waals surface area (Å²) in [4.78, 5) is 10.2. The Balaban J connectivity index is 2.89. The number of anilines is 1. The number of ether oxygens (including phenoxy) is 1. The van der Waals surface area contributed by atoms with Crippen molar-refractivity contribution in [1.82, 2.24) is 0 Å². The molecule has 0 bridgehead atoms. The van der Waals surface area contributed by atoms with Gasteiger partial charge in [0.05, 0.1) is 12.0 Å². The predicted molar refractivity (Wildman–Crippen MR) is 67.5 cm³/mol. The fourth-order valence-corrected chi connectivity index (χ4v) is 1.51. The maximum absolute atomic E-state index is 10.7. The molecule has 1 N–H and O–H groups in total. The third-order valence-electron chi connectivity index (χ3n) is 2.31. The minimum absolute atomic E-state index is 0.0329. The molecule has 0 aliphatic heterocycles. The number of rotatable bonds is 6.